The van der Waals surface area contributed by atoms with Crippen molar-refractivity contribution < 1.29 is 19.1 Å². The molecule has 0 spiro atoms. The van der Waals surface area contributed by atoms with Gasteiger partial charge in [-0.25, -0.2) is 4.79 Å². The highest BCUT2D eigenvalue weighted by atomic mass is 35.5. The summed E-state index contributed by atoms with van der Waals surface area (Å²) in [7, 11) is 1.58. The summed E-state index contributed by atoms with van der Waals surface area (Å²) in [6, 6.07) is 11.8. The predicted molar refractivity (Wildman–Crippen MR) is 94.8 cm³/mol. The molecule has 24 heavy (non-hydrogen) atoms. The van der Waals surface area contributed by atoms with Crippen LogP contribution in [-0.4, -0.2) is 18.9 Å². The van der Waals surface area contributed by atoms with E-state index in [1.54, 1.807) is 37.4 Å². The van der Waals surface area contributed by atoms with Gasteiger partial charge in [-0.3, -0.25) is 4.79 Å². The van der Waals surface area contributed by atoms with Crippen LogP contribution in [-0.2, 0) is 0 Å². The molecule has 0 bridgehead atoms. The molecule has 0 amide bonds. The highest BCUT2D eigenvalue weighted by molar-refractivity contribution is 7.21. The van der Waals surface area contributed by atoms with Gasteiger partial charge < -0.3 is 9.47 Å². The minimum absolute atomic E-state index is 0.0469. The fourth-order valence-electron chi connectivity index (χ4n) is 2.21. The second-order valence-electron chi connectivity index (χ2n) is 5.08. The third-order valence-electron chi connectivity index (χ3n) is 3.49. The molecule has 0 fully saturated rings. The topological polar surface area (TPSA) is 52.6 Å². The Morgan fingerprint density at radius 2 is 1.71 bits per heavy atom. The molecule has 0 radical (unpaired) electrons. The predicted octanol–water partition coefficient (Wildman–Crippen LogP) is 4.99. The Morgan fingerprint density at radius 1 is 1.04 bits per heavy atom. The normalized spacial score (nSPS) is 10.6. The fraction of sp³-hybridized carbons (Fsp3) is 0.111. The number of esters is 1. The molecule has 0 saturated carbocycles. The van der Waals surface area contributed by atoms with Gasteiger partial charge in [0.1, 0.15) is 16.4 Å². The maximum absolute atomic E-state index is 12.4. The van der Waals surface area contributed by atoms with Crippen LogP contribution in [0.4, 0.5) is 0 Å². The molecular formula is C18H13ClO4S. The van der Waals surface area contributed by atoms with Crippen molar-refractivity contribution in [1.82, 2.24) is 0 Å². The van der Waals surface area contributed by atoms with Crippen LogP contribution in [0.15, 0.2) is 42.5 Å². The van der Waals surface area contributed by atoms with Gasteiger partial charge in [0.05, 0.1) is 12.1 Å². The second-order valence-corrected chi connectivity index (χ2v) is 6.51. The molecule has 2 aromatic carbocycles. The van der Waals surface area contributed by atoms with E-state index in [0.29, 0.717) is 27.0 Å². The number of hydrogen-bond donors (Lipinski definition) is 0. The lowest BCUT2D eigenvalue weighted by Gasteiger charge is -2.03. The van der Waals surface area contributed by atoms with E-state index in [1.165, 1.54) is 18.3 Å². The highest BCUT2D eigenvalue weighted by Gasteiger charge is 2.19. The van der Waals surface area contributed by atoms with E-state index < -0.39 is 5.97 Å². The van der Waals surface area contributed by atoms with Crippen LogP contribution < -0.4 is 9.47 Å². The monoisotopic (exact) mass is 360 g/mol. The number of carbonyl (C=O) groups is 2. The first-order valence-electron chi connectivity index (χ1n) is 7.09. The summed E-state index contributed by atoms with van der Waals surface area (Å²) >= 11 is 7.55. The van der Waals surface area contributed by atoms with Crippen LogP contribution in [0, 0.1) is 0 Å². The molecule has 6 heteroatoms. The molecule has 1 heterocycles. The molecule has 3 aromatic rings. The molecule has 0 atom stereocenters. The third-order valence-corrected chi connectivity index (χ3v) is 5.13. The quantitative estimate of drug-likeness (QED) is 0.374. The van der Waals surface area contributed by atoms with Crippen molar-refractivity contribution in [3.05, 3.63) is 57.9 Å². The van der Waals surface area contributed by atoms with Crippen molar-refractivity contribution in [2.75, 3.05) is 7.11 Å². The largest absolute Gasteiger partial charge is 0.497 e. The van der Waals surface area contributed by atoms with Crippen molar-refractivity contribution >= 4 is 44.8 Å². The molecule has 3 rings (SSSR count). The van der Waals surface area contributed by atoms with Gasteiger partial charge in [-0.15, -0.1) is 11.3 Å². The first-order chi connectivity index (χ1) is 11.5. The number of ketones is 1. The maximum Gasteiger partial charge on any atom is 0.355 e. The van der Waals surface area contributed by atoms with Gasteiger partial charge in [0.15, 0.2) is 5.78 Å². The number of benzene rings is 2. The molecule has 0 aliphatic carbocycles. The molecule has 4 nitrogen and oxygen atoms in total. The van der Waals surface area contributed by atoms with Crippen molar-refractivity contribution in [1.29, 1.82) is 0 Å². The summed E-state index contributed by atoms with van der Waals surface area (Å²) in [5.74, 6) is 0.473. The Hall–Kier alpha value is -2.37. The number of carbonyl (C=O) groups excluding carboxylic acids is 2. The lowest BCUT2D eigenvalue weighted by atomic mass is 10.1. The van der Waals surface area contributed by atoms with E-state index in [0.717, 1.165) is 10.1 Å². The molecule has 1 aromatic heterocycles. The van der Waals surface area contributed by atoms with Gasteiger partial charge in [0.2, 0.25) is 0 Å². The van der Waals surface area contributed by atoms with Crippen LogP contribution >= 0.6 is 22.9 Å². The van der Waals surface area contributed by atoms with Crippen LogP contribution in [0.5, 0.6) is 11.5 Å². The van der Waals surface area contributed by atoms with Gasteiger partial charge in [0, 0.05) is 15.6 Å². The molecular weight excluding hydrogens is 348 g/mol. The zero-order chi connectivity index (χ0) is 17.3. The number of Topliss-reactive ketones (excluding diaryl/α,β-unsaturated/α-hetero) is 1. The Balaban J connectivity index is 1.88. The summed E-state index contributed by atoms with van der Waals surface area (Å²) in [4.78, 5) is 24.0. The van der Waals surface area contributed by atoms with Gasteiger partial charge >= 0.3 is 5.97 Å². The molecule has 0 unspecified atom stereocenters. The molecule has 0 aliphatic heterocycles. The Bertz CT molecular complexity index is 928. The van der Waals surface area contributed by atoms with Gasteiger partial charge in [-0.2, -0.15) is 0 Å². The van der Waals surface area contributed by atoms with Crippen molar-refractivity contribution in [2.24, 2.45) is 0 Å². The van der Waals surface area contributed by atoms with Crippen LogP contribution in [0.2, 0.25) is 5.02 Å². The summed E-state index contributed by atoms with van der Waals surface area (Å²) < 4.78 is 11.4. The average molecular weight is 361 g/mol. The summed E-state index contributed by atoms with van der Waals surface area (Å²) in [5.41, 5.74) is 0.557. The smallest absolute Gasteiger partial charge is 0.355 e. The minimum Gasteiger partial charge on any atom is -0.497 e. The molecule has 122 valence electrons. The first-order valence-corrected chi connectivity index (χ1v) is 8.28. The lowest BCUT2D eigenvalue weighted by molar-refractivity contribution is 0.0740. The number of ether oxygens (including phenoxy) is 2. The SMILES string of the molecule is COc1ccc2c(Cl)c(C(=O)Oc3ccc(C(C)=O)cc3)sc2c1. The number of methoxy groups -OCH3 is 1. The maximum atomic E-state index is 12.4. The summed E-state index contributed by atoms with van der Waals surface area (Å²) in [6.07, 6.45) is 0. The number of thiophene rings is 1. The fourth-order valence-corrected chi connectivity index (χ4v) is 3.63. The highest BCUT2D eigenvalue weighted by Crippen LogP contribution is 2.37. The van der Waals surface area contributed by atoms with E-state index in [9.17, 15) is 9.59 Å². The molecule has 0 N–H and O–H groups in total. The van der Waals surface area contributed by atoms with E-state index in [2.05, 4.69) is 0 Å². The van der Waals surface area contributed by atoms with E-state index in [4.69, 9.17) is 21.1 Å². The number of halogens is 1. The second kappa shape index (κ2) is 6.63. The minimum atomic E-state index is -0.532. The first kappa shape index (κ1) is 16.5. The zero-order valence-electron chi connectivity index (χ0n) is 13.0. The number of hydrogen-bond acceptors (Lipinski definition) is 5. The van der Waals surface area contributed by atoms with Crippen LogP contribution in [0.25, 0.3) is 10.1 Å². The lowest BCUT2D eigenvalue weighted by Crippen LogP contribution is -2.07. The summed E-state index contributed by atoms with van der Waals surface area (Å²) in [6.45, 7) is 1.48. The standard InChI is InChI=1S/C18H13ClO4S/c1-10(20)11-3-5-12(6-4-11)23-18(21)17-16(19)14-8-7-13(22-2)9-15(14)24-17/h3-9H,1-2H3. The Kier molecular flexibility index (Phi) is 4.55. The van der Waals surface area contributed by atoms with Crippen molar-refractivity contribution in [2.45, 2.75) is 6.92 Å². The Morgan fingerprint density at radius 3 is 2.33 bits per heavy atom. The molecule has 0 saturated heterocycles. The third kappa shape index (κ3) is 3.13. The summed E-state index contributed by atoms with van der Waals surface area (Å²) in [5, 5.41) is 1.14. The number of fused-ring (bicyclic) bond motifs is 1. The molecule has 0 aliphatic rings. The van der Waals surface area contributed by atoms with E-state index in [1.807, 2.05) is 12.1 Å². The van der Waals surface area contributed by atoms with Gasteiger partial charge in [-0.05, 0) is 49.4 Å². The van der Waals surface area contributed by atoms with Crippen molar-refractivity contribution in [3.63, 3.8) is 0 Å². The zero-order valence-corrected chi connectivity index (χ0v) is 14.5. The number of rotatable bonds is 4. The van der Waals surface area contributed by atoms with Gasteiger partial charge in [0.25, 0.3) is 0 Å². The van der Waals surface area contributed by atoms with Crippen molar-refractivity contribution in [3.8, 4) is 11.5 Å². The van der Waals surface area contributed by atoms with E-state index in [-0.39, 0.29) is 5.78 Å². The van der Waals surface area contributed by atoms with Gasteiger partial charge in [-0.1, -0.05) is 11.6 Å². The average Bonchev–Trinajstić information content (AvgIpc) is 2.91. The van der Waals surface area contributed by atoms with E-state index >= 15 is 0 Å². The van der Waals surface area contributed by atoms with Crippen LogP contribution in [0.3, 0.4) is 0 Å². The Labute approximate surface area is 147 Å². The van der Waals surface area contributed by atoms with Crippen LogP contribution in [0.1, 0.15) is 27.0 Å².